The van der Waals surface area contributed by atoms with Crippen molar-refractivity contribution in [2.24, 2.45) is 0 Å². The van der Waals surface area contributed by atoms with Crippen LogP contribution in [0.25, 0.3) is 6.08 Å². The quantitative estimate of drug-likeness (QED) is 0.861. The highest BCUT2D eigenvalue weighted by Gasteiger charge is 2.14. The Morgan fingerprint density at radius 3 is 2.90 bits per heavy atom. The van der Waals surface area contributed by atoms with Crippen LogP contribution in [0.1, 0.15) is 16.1 Å². The number of carboxylic acids is 1. The lowest BCUT2D eigenvalue weighted by Crippen LogP contribution is -2.18. The highest BCUT2D eigenvalue weighted by molar-refractivity contribution is 7.09. The number of benzene rings is 1. The van der Waals surface area contributed by atoms with Gasteiger partial charge < -0.3 is 10.0 Å². The van der Waals surface area contributed by atoms with E-state index in [9.17, 15) is 9.18 Å². The molecule has 0 atom stereocenters. The summed E-state index contributed by atoms with van der Waals surface area (Å²) in [6, 6.07) is 4.61. The van der Waals surface area contributed by atoms with Gasteiger partial charge in [-0.15, -0.1) is 11.3 Å². The van der Waals surface area contributed by atoms with Gasteiger partial charge >= 0.3 is 5.97 Å². The van der Waals surface area contributed by atoms with E-state index < -0.39 is 5.97 Å². The number of halogens is 1. The van der Waals surface area contributed by atoms with Gasteiger partial charge in [0.1, 0.15) is 5.82 Å². The molecule has 0 saturated carbocycles. The number of hydrogen-bond donors (Lipinski definition) is 1. The summed E-state index contributed by atoms with van der Waals surface area (Å²) in [5, 5.41) is 8.72. The van der Waals surface area contributed by atoms with E-state index >= 15 is 0 Å². The minimum absolute atomic E-state index is 0.378. The topological polar surface area (TPSA) is 53.4 Å². The zero-order valence-electron chi connectivity index (χ0n) is 11.7. The summed E-state index contributed by atoms with van der Waals surface area (Å²) >= 11 is 1.52. The van der Waals surface area contributed by atoms with E-state index in [0.717, 1.165) is 16.6 Å². The van der Waals surface area contributed by atoms with Gasteiger partial charge in [0.15, 0.2) is 0 Å². The Morgan fingerprint density at radius 1 is 1.52 bits per heavy atom. The lowest BCUT2D eigenvalue weighted by molar-refractivity contribution is -0.131. The number of carboxylic acid groups (broad SMARTS) is 1. The van der Waals surface area contributed by atoms with Crippen molar-refractivity contribution in [1.82, 2.24) is 4.98 Å². The van der Waals surface area contributed by atoms with Gasteiger partial charge in [-0.1, -0.05) is 12.1 Å². The molecule has 0 aliphatic carbocycles. The average molecular weight is 306 g/mol. The molecule has 4 nitrogen and oxygen atoms in total. The number of thiazole rings is 1. The molecule has 0 radical (unpaired) electrons. The van der Waals surface area contributed by atoms with Gasteiger partial charge in [-0.3, -0.25) is 0 Å². The van der Waals surface area contributed by atoms with Gasteiger partial charge in [-0.25, -0.2) is 14.2 Å². The fourth-order valence-corrected chi connectivity index (χ4v) is 2.83. The molecule has 0 spiro atoms. The predicted molar refractivity (Wildman–Crippen MR) is 82.0 cm³/mol. The van der Waals surface area contributed by atoms with Crippen LogP contribution in [0.5, 0.6) is 0 Å². The fourth-order valence-electron chi connectivity index (χ4n) is 2.00. The van der Waals surface area contributed by atoms with E-state index in [4.69, 9.17) is 5.11 Å². The molecule has 1 aromatic carbocycles. The van der Waals surface area contributed by atoms with Crippen molar-refractivity contribution in [1.29, 1.82) is 0 Å². The molecule has 0 bridgehead atoms. The smallest absolute Gasteiger partial charge is 0.328 e. The molecule has 0 saturated heterocycles. The standard InChI is InChI=1S/C15H15FN2O2S/c1-10-13(21-9-17-10)8-18(2)15-11(6-7-14(19)20)4-3-5-12(15)16/h3-7,9H,8H2,1-2H3,(H,19,20)/b7-6+. The fraction of sp³-hybridized carbons (Fsp3) is 0.200. The Labute approximate surface area is 126 Å². The van der Waals surface area contributed by atoms with Gasteiger partial charge in [0.25, 0.3) is 0 Å². The van der Waals surface area contributed by atoms with Crippen LogP contribution in [0, 0.1) is 12.7 Å². The van der Waals surface area contributed by atoms with Crippen molar-refractivity contribution >= 4 is 29.1 Å². The second kappa shape index (κ2) is 6.49. The third-order valence-electron chi connectivity index (χ3n) is 3.03. The molecule has 21 heavy (non-hydrogen) atoms. The molecule has 2 rings (SSSR count). The molecule has 0 unspecified atom stereocenters. The first-order chi connectivity index (χ1) is 9.99. The maximum absolute atomic E-state index is 14.1. The molecule has 1 aromatic heterocycles. The highest BCUT2D eigenvalue weighted by Crippen LogP contribution is 2.27. The molecule has 0 aliphatic heterocycles. The lowest BCUT2D eigenvalue weighted by Gasteiger charge is -2.21. The van der Waals surface area contributed by atoms with E-state index in [1.165, 1.54) is 23.5 Å². The second-order valence-electron chi connectivity index (χ2n) is 4.57. The van der Waals surface area contributed by atoms with Crippen molar-refractivity contribution in [3.8, 4) is 0 Å². The summed E-state index contributed by atoms with van der Waals surface area (Å²) in [6.07, 6.45) is 2.40. The molecule has 0 fully saturated rings. The van der Waals surface area contributed by atoms with Gasteiger partial charge in [-0.2, -0.15) is 0 Å². The molecule has 1 N–H and O–H groups in total. The average Bonchev–Trinajstić information content (AvgIpc) is 2.81. The molecule has 1 heterocycles. The van der Waals surface area contributed by atoms with Crippen molar-refractivity contribution < 1.29 is 14.3 Å². The molecule has 0 amide bonds. The Kier molecular flexibility index (Phi) is 4.70. The summed E-state index contributed by atoms with van der Waals surface area (Å²) in [5.41, 5.74) is 3.58. The normalized spacial score (nSPS) is 11.0. The number of nitrogens with zero attached hydrogens (tertiary/aromatic N) is 2. The van der Waals surface area contributed by atoms with E-state index in [2.05, 4.69) is 4.98 Å². The van der Waals surface area contributed by atoms with Crippen LogP contribution in [0.3, 0.4) is 0 Å². The van der Waals surface area contributed by atoms with E-state index in [1.807, 2.05) is 6.92 Å². The van der Waals surface area contributed by atoms with Crippen LogP contribution in [0.4, 0.5) is 10.1 Å². The first-order valence-corrected chi connectivity index (χ1v) is 7.16. The summed E-state index contributed by atoms with van der Waals surface area (Å²) in [5.74, 6) is -1.45. The number of aliphatic carboxylic acids is 1. The van der Waals surface area contributed by atoms with E-state index in [-0.39, 0.29) is 5.82 Å². The molecule has 0 aliphatic rings. The first kappa shape index (κ1) is 15.2. The van der Waals surface area contributed by atoms with Crippen molar-refractivity contribution in [3.63, 3.8) is 0 Å². The molecule has 110 valence electrons. The van der Waals surface area contributed by atoms with Crippen molar-refractivity contribution in [3.05, 3.63) is 51.7 Å². The Bertz CT molecular complexity index is 682. The third kappa shape index (κ3) is 3.66. The highest BCUT2D eigenvalue weighted by atomic mass is 32.1. The Morgan fingerprint density at radius 2 is 2.29 bits per heavy atom. The maximum atomic E-state index is 14.1. The predicted octanol–water partition coefficient (Wildman–Crippen LogP) is 3.32. The molecular weight excluding hydrogens is 291 g/mol. The number of hydrogen-bond acceptors (Lipinski definition) is 4. The summed E-state index contributed by atoms with van der Waals surface area (Å²) in [6.45, 7) is 2.43. The zero-order valence-corrected chi connectivity index (χ0v) is 12.5. The number of aryl methyl sites for hydroxylation is 1. The summed E-state index contributed by atoms with van der Waals surface area (Å²) < 4.78 is 14.1. The van der Waals surface area contributed by atoms with Crippen LogP contribution < -0.4 is 4.90 Å². The van der Waals surface area contributed by atoms with Crippen molar-refractivity contribution in [2.45, 2.75) is 13.5 Å². The van der Waals surface area contributed by atoms with Crippen LogP contribution in [-0.4, -0.2) is 23.1 Å². The SMILES string of the molecule is Cc1ncsc1CN(C)c1c(F)cccc1/C=C/C(=O)O. The minimum Gasteiger partial charge on any atom is -0.478 e. The monoisotopic (exact) mass is 306 g/mol. The second-order valence-corrected chi connectivity index (χ2v) is 5.51. The van der Waals surface area contributed by atoms with Crippen LogP contribution >= 0.6 is 11.3 Å². The number of rotatable bonds is 5. The molecular formula is C15H15FN2O2S. The Balaban J connectivity index is 2.33. The number of carbonyl (C=O) groups is 1. The number of aromatic nitrogens is 1. The number of para-hydroxylation sites is 1. The molecule has 2 aromatic rings. The molecule has 6 heteroatoms. The van der Waals surface area contributed by atoms with Crippen LogP contribution in [0.2, 0.25) is 0 Å². The van der Waals surface area contributed by atoms with Crippen LogP contribution in [0.15, 0.2) is 29.8 Å². The third-order valence-corrected chi connectivity index (χ3v) is 3.95. The van der Waals surface area contributed by atoms with Crippen molar-refractivity contribution in [2.75, 3.05) is 11.9 Å². The van der Waals surface area contributed by atoms with Gasteiger partial charge in [0.2, 0.25) is 0 Å². The van der Waals surface area contributed by atoms with Gasteiger partial charge in [0.05, 0.1) is 23.4 Å². The van der Waals surface area contributed by atoms with E-state index in [0.29, 0.717) is 17.8 Å². The van der Waals surface area contributed by atoms with Gasteiger partial charge in [-0.05, 0) is 19.1 Å². The van der Waals surface area contributed by atoms with E-state index in [1.54, 1.807) is 29.6 Å². The summed E-state index contributed by atoms with van der Waals surface area (Å²) in [4.78, 5) is 17.6. The van der Waals surface area contributed by atoms with Gasteiger partial charge in [0, 0.05) is 23.6 Å². The number of anilines is 1. The maximum Gasteiger partial charge on any atom is 0.328 e. The van der Waals surface area contributed by atoms with Crippen LogP contribution in [-0.2, 0) is 11.3 Å². The Hall–Kier alpha value is -2.21. The summed E-state index contributed by atoms with van der Waals surface area (Å²) in [7, 11) is 1.77. The lowest BCUT2D eigenvalue weighted by atomic mass is 10.1. The first-order valence-electron chi connectivity index (χ1n) is 6.28. The zero-order chi connectivity index (χ0) is 15.4. The minimum atomic E-state index is -1.06. The largest absolute Gasteiger partial charge is 0.478 e.